The van der Waals surface area contributed by atoms with Crippen LogP contribution in [-0.4, -0.2) is 80.5 Å². The quantitative estimate of drug-likeness (QED) is 0.673. The summed E-state index contributed by atoms with van der Waals surface area (Å²) in [6.45, 7) is 6.79. The lowest BCUT2D eigenvalue weighted by Crippen LogP contribution is -2.49. The zero-order valence-electron chi connectivity index (χ0n) is 20.0. The van der Waals surface area contributed by atoms with Crippen molar-refractivity contribution >= 4 is 5.69 Å². The summed E-state index contributed by atoms with van der Waals surface area (Å²) < 4.78 is 18.0. The minimum atomic E-state index is -0.744. The van der Waals surface area contributed by atoms with E-state index in [4.69, 9.17) is 14.2 Å². The zero-order valence-corrected chi connectivity index (χ0v) is 20.0. The third-order valence-electron chi connectivity index (χ3n) is 6.92. The fraction of sp³-hybridized carbons (Fsp3) is 0.481. The molecule has 2 aromatic carbocycles. The van der Waals surface area contributed by atoms with Gasteiger partial charge in [0.25, 0.3) is 0 Å². The number of piperidine rings is 1. The molecule has 34 heavy (non-hydrogen) atoms. The Hall–Kier alpha value is -2.74. The third-order valence-corrected chi connectivity index (χ3v) is 6.92. The average molecular weight is 466 g/mol. The molecule has 0 saturated carbocycles. The number of para-hydroxylation sites is 4. The Morgan fingerprint density at radius 3 is 2.24 bits per heavy atom. The Labute approximate surface area is 202 Å². The van der Waals surface area contributed by atoms with Crippen LogP contribution in [0.15, 0.2) is 60.0 Å². The highest BCUT2D eigenvalue weighted by molar-refractivity contribution is 5.58. The van der Waals surface area contributed by atoms with Crippen molar-refractivity contribution in [1.29, 1.82) is 0 Å². The molecule has 182 valence electrons. The molecule has 1 unspecified atom stereocenters. The van der Waals surface area contributed by atoms with Crippen molar-refractivity contribution in [3.05, 3.63) is 60.0 Å². The molecule has 1 N–H and O–H groups in total. The Bertz CT molecular complexity index is 997. The molecule has 3 heterocycles. The summed E-state index contributed by atoms with van der Waals surface area (Å²) in [5.41, 5.74) is 1.12. The second-order valence-corrected chi connectivity index (χ2v) is 9.25. The van der Waals surface area contributed by atoms with Crippen molar-refractivity contribution in [3.63, 3.8) is 0 Å². The van der Waals surface area contributed by atoms with Gasteiger partial charge < -0.3 is 24.2 Å². The second kappa shape index (κ2) is 10.7. The topological polar surface area (TPSA) is 57.6 Å². The summed E-state index contributed by atoms with van der Waals surface area (Å²) in [6, 6.07) is 15.8. The summed E-state index contributed by atoms with van der Waals surface area (Å²) in [7, 11) is 1.71. The minimum absolute atomic E-state index is 0.518. The number of nitrogens with zero attached hydrogens (tertiary/aromatic N) is 3. The van der Waals surface area contributed by atoms with Gasteiger partial charge in [-0.2, -0.15) is 0 Å². The SMILES string of the molecule is COc1ccccc1N1CCN(CC(O)C2=C(CN3CCCCC3)Oc3ccccc3O2)CC1. The van der Waals surface area contributed by atoms with E-state index in [9.17, 15) is 5.11 Å². The van der Waals surface area contributed by atoms with E-state index in [0.717, 1.165) is 62.2 Å². The fourth-order valence-corrected chi connectivity index (χ4v) is 5.05. The second-order valence-electron chi connectivity index (χ2n) is 9.25. The van der Waals surface area contributed by atoms with Gasteiger partial charge in [-0.3, -0.25) is 9.80 Å². The van der Waals surface area contributed by atoms with Gasteiger partial charge in [0.1, 0.15) is 11.9 Å². The van der Waals surface area contributed by atoms with Crippen LogP contribution in [0, 0.1) is 0 Å². The third kappa shape index (κ3) is 5.17. The van der Waals surface area contributed by atoms with Crippen LogP contribution in [0.3, 0.4) is 0 Å². The molecule has 0 radical (unpaired) electrons. The average Bonchev–Trinajstić information content (AvgIpc) is 2.89. The molecule has 2 fully saturated rings. The molecule has 0 aromatic heterocycles. The fourth-order valence-electron chi connectivity index (χ4n) is 5.05. The first-order valence-electron chi connectivity index (χ1n) is 12.4. The first-order valence-corrected chi connectivity index (χ1v) is 12.4. The normalized spacial score (nSPS) is 20.4. The monoisotopic (exact) mass is 465 g/mol. The van der Waals surface area contributed by atoms with Crippen molar-refractivity contribution in [1.82, 2.24) is 9.80 Å². The summed E-state index contributed by atoms with van der Waals surface area (Å²) in [5, 5.41) is 11.3. The minimum Gasteiger partial charge on any atom is -0.495 e. The number of hydrogen-bond donors (Lipinski definition) is 1. The standard InChI is InChI=1S/C27H35N3O4/c1-32-23-10-4-3-9-21(23)30-17-15-29(16-18-30)19-22(31)27-26(20-28-13-7-2-8-14-28)33-24-11-5-6-12-25(24)34-27/h3-6,9-12,22,31H,2,7-8,13-20H2,1H3. The lowest BCUT2D eigenvalue weighted by molar-refractivity contribution is 0.0878. The van der Waals surface area contributed by atoms with Crippen molar-refractivity contribution in [2.75, 3.05) is 64.4 Å². The van der Waals surface area contributed by atoms with Gasteiger partial charge in [0.05, 0.1) is 19.3 Å². The van der Waals surface area contributed by atoms with Crippen LogP contribution in [0.5, 0.6) is 17.2 Å². The van der Waals surface area contributed by atoms with E-state index in [0.29, 0.717) is 24.6 Å². The van der Waals surface area contributed by atoms with E-state index in [2.05, 4.69) is 20.8 Å². The maximum atomic E-state index is 11.3. The molecule has 2 aromatic rings. The van der Waals surface area contributed by atoms with E-state index >= 15 is 0 Å². The van der Waals surface area contributed by atoms with E-state index in [1.165, 1.54) is 19.3 Å². The van der Waals surface area contributed by atoms with Crippen LogP contribution >= 0.6 is 0 Å². The van der Waals surface area contributed by atoms with Gasteiger partial charge in [0.15, 0.2) is 23.0 Å². The molecule has 5 rings (SSSR count). The van der Waals surface area contributed by atoms with Gasteiger partial charge in [-0.05, 0) is 50.2 Å². The van der Waals surface area contributed by atoms with Crippen molar-refractivity contribution in [2.45, 2.75) is 25.4 Å². The highest BCUT2D eigenvalue weighted by Gasteiger charge is 2.30. The predicted octanol–water partition coefficient (Wildman–Crippen LogP) is 3.35. The summed E-state index contributed by atoms with van der Waals surface area (Å²) in [6.07, 6.45) is 2.95. The number of benzene rings is 2. The van der Waals surface area contributed by atoms with E-state index < -0.39 is 6.10 Å². The number of aliphatic hydroxyl groups is 1. The molecule has 7 heteroatoms. The van der Waals surface area contributed by atoms with Crippen molar-refractivity contribution in [3.8, 4) is 17.2 Å². The van der Waals surface area contributed by atoms with Gasteiger partial charge in [-0.1, -0.05) is 30.7 Å². The highest BCUT2D eigenvalue weighted by atomic mass is 16.6. The number of rotatable bonds is 7. The number of aliphatic hydroxyl groups excluding tert-OH is 1. The first-order chi connectivity index (χ1) is 16.7. The van der Waals surface area contributed by atoms with E-state index in [1.807, 2.05) is 42.5 Å². The molecule has 3 aliphatic heterocycles. The lowest BCUT2D eigenvalue weighted by atomic mass is 10.1. The van der Waals surface area contributed by atoms with Crippen LogP contribution in [0.4, 0.5) is 5.69 Å². The predicted molar refractivity (Wildman–Crippen MR) is 133 cm³/mol. The van der Waals surface area contributed by atoms with Crippen LogP contribution in [0.25, 0.3) is 0 Å². The van der Waals surface area contributed by atoms with E-state index in [1.54, 1.807) is 7.11 Å². The van der Waals surface area contributed by atoms with Crippen LogP contribution in [0.1, 0.15) is 19.3 Å². The highest BCUT2D eigenvalue weighted by Crippen LogP contribution is 2.36. The molecule has 0 spiro atoms. The molecule has 0 bridgehead atoms. The lowest BCUT2D eigenvalue weighted by Gasteiger charge is -2.38. The maximum absolute atomic E-state index is 11.3. The number of anilines is 1. The molecular weight excluding hydrogens is 430 g/mol. The van der Waals surface area contributed by atoms with E-state index in [-0.39, 0.29) is 0 Å². The van der Waals surface area contributed by atoms with Gasteiger partial charge in [-0.15, -0.1) is 0 Å². The molecule has 2 saturated heterocycles. The Balaban J connectivity index is 1.25. The first kappa shape index (κ1) is 23.0. The number of fused-ring (bicyclic) bond motifs is 1. The molecule has 1 atom stereocenters. The number of β-amino-alcohol motifs (C(OH)–C–C–N with tert-alkyl or cyclic N) is 1. The van der Waals surface area contributed by atoms with Crippen molar-refractivity contribution in [2.24, 2.45) is 0 Å². The molecule has 7 nitrogen and oxygen atoms in total. The Kier molecular flexibility index (Phi) is 7.23. The summed E-state index contributed by atoms with van der Waals surface area (Å²) in [5.74, 6) is 3.57. The summed E-state index contributed by atoms with van der Waals surface area (Å²) in [4.78, 5) is 7.04. The van der Waals surface area contributed by atoms with Gasteiger partial charge in [-0.25, -0.2) is 0 Å². The smallest absolute Gasteiger partial charge is 0.174 e. The van der Waals surface area contributed by atoms with Crippen molar-refractivity contribution < 1.29 is 19.3 Å². The zero-order chi connectivity index (χ0) is 23.3. The number of hydrogen-bond acceptors (Lipinski definition) is 7. The molecule has 0 amide bonds. The molecular formula is C27H35N3O4. The summed E-state index contributed by atoms with van der Waals surface area (Å²) >= 11 is 0. The van der Waals surface area contributed by atoms with Gasteiger partial charge >= 0.3 is 0 Å². The number of piperazine rings is 1. The van der Waals surface area contributed by atoms with Crippen LogP contribution in [0.2, 0.25) is 0 Å². The van der Waals surface area contributed by atoms with Gasteiger partial charge in [0.2, 0.25) is 0 Å². The number of methoxy groups -OCH3 is 1. The number of likely N-dealkylation sites (tertiary alicyclic amines) is 1. The molecule has 0 aliphatic carbocycles. The van der Waals surface area contributed by atoms with Gasteiger partial charge in [0, 0.05) is 32.7 Å². The largest absolute Gasteiger partial charge is 0.495 e. The van der Waals surface area contributed by atoms with Crippen LogP contribution < -0.4 is 19.1 Å². The maximum Gasteiger partial charge on any atom is 0.174 e. The Morgan fingerprint density at radius 2 is 1.50 bits per heavy atom. The molecule has 3 aliphatic rings. The Morgan fingerprint density at radius 1 is 0.824 bits per heavy atom. The van der Waals surface area contributed by atoms with Crippen LogP contribution in [-0.2, 0) is 0 Å². The number of ether oxygens (including phenoxy) is 3.